The van der Waals surface area contributed by atoms with Gasteiger partial charge in [-0.15, -0.1) is 0 Å². The molecule has 0 heterocycles. The Kier molecular flexibility index (Phi) is 4.62. The Hall–Kier alpha value is -5.07. The maximum Gasteiger partial charge on any atom is 0.301 e. The fourth-order valence-electron chi connectivity index (χ4n) is 3.54. The van der Waals surface area contributed by atoms with Crippen molar-refractivity contribution in [2.24, 2.45) is 4.99 Å². The van der Waals surface area contributed by atoms with E-state index in [0.29, 0.717) is 0 Å². The summed E-state index contributed by atoms with van der Waals surface area (Å²) in [6, 6.07) is 10.8. The summed E-state index contributed by atoms with van der Waals surface area (Å²) in [4.78, 5) is 47.0. The lowest BCUT2D eigenvalue weighted by atomic mass is 10.0. The number of nitro benzene ring substituents is 4. The smallest absolute Gasteiger partial charge is 0.258 e. The second-order valence-electron chi connectivity index (χ2n) is 6.56. The maximum absolute atomic E-state index is 11.6. The summed E-state index contributed by atoms with van der Waals surface area (Å²) < 4.78 is 0. The minimum absolute atomic E-state index is 0.0835. The molecular formula is C19H9N5O8. The SMILES string of the molecule is O=[N+]([O-])c1ccc2c(c1)C(=Nc1c([N+](=O)[O-])cccc1[N+](=O)[O-])c1cccc([N+](=O)[O-])c1-2. The van der Waals surface area contributed by atoms with Crippen LogP contribution in [0.1, 0.15) is 11.1 Å². The number of hydrogen-bond donors (Lipinski definition) is 0. The predicted molar refractivity (Wildman–Crippen MR) is 110 cm³/mol. The molecule has 0 spiro atoms. The molecule has 0 amide bonds. The van der Waals surface area contributed by atoms with Crippen molar-refractivity contribution in [1.82, 2.24) is 0 Å². The largest absolute Gasteiger partial charge is 0.301 e. The molecule has 3 aromatic carbocycles. The zero-order valence-corrected chi connectivity index (χ0v) is 15.7. The van der Waals surface area contributed by atoms with E-state index < -0.39 is 36.8 Å². The van der Waals surface area contributed by atoms with E-state index in [9.17, 15) is 40.5 Å². The van der Waals surface area contributed by atoms with Crippen LogP contribution in [0.2, 0.25) is 0 Å². The summed E-state index contributed by atoms with van der Waals surface area (Å²) in [5.41, 5.74) is -1.99. The van der Waals surface area contributed by atoms with Gasteiger partial charge in [-0.05, 0) is 17.7 Å². The van der Waals surface area contributed by atoms with Crippen molar-refractivity contribution in [3.05, 3.63) is 106 Å². The van der Waals surface area contributed by atoms with E-state index in [1.807, 2.05) is 0 Å². The van der Waals surface area contributed by atoms with Crippen LogP contribution in [0.3, 0.4) is 0 Å². The summed E-state index contributed by atoms with van der Waals surface area (Å²) in [6.45, 7) is 0. The third-order valence-electron chi connectivity index (χ3n) is 4.84. The molecule has 3 aromatic rings. The second-order valence-corrected chi connectivity index (χ2v) is 6.56. The van der Waals surface area contributed by atoms with Crippen LogP contribution in [-0.4, -0.2) is 25.4 Å². The molecule has 0 unspecified atom stereocenters. The number of rotatable bonds is 5. The van der Waals surface area contributed by atoms with Crippen LogP contribution in [-0.2, 0) is 0 Å². The average Bonchev–Trinajstić information content (AvgIpc) is 3.06. The first-order valence-corrected chi connectivity index (χ1v) is 8.78. The monoisotopic (exact) mass is 435 g/mol. The summed E-state index contributed by atoms with van der Waals surface area (Å²) in [5.74, 6) is 0. The molecule has 13 nitrogen and oxygen atoms in total. The highest BCUT2D eigenvalue weighted by Gasteiger charge is 2.34. The average molecular weight is 435 g/mol. The molecule has 0 aliphatic heterocycles. The van der Waals surface area contributed by atoms with Gasteiger partial charge in [0.25, 0.3) is 11.4 Å². The highest BCUT2D eigenvalue weighted by Crippen LogP contribution is 2.46. The van der Waals surface area contributed by atoms with Crippen molar-refractivity contribution >= 4 is 34.1 Å². The first-order chi connectivity index (χ1) is 15.2. The standard InChI is InChI=1S/C19H9N5O8/c25-21(26)10-7-8-11-13(9-10)18(12-3-1-4-14(17(11)12)22(27)28)20-19-15(23(29)30)5-2-6-16(19)24(31)32/h1-9H. The molecule has 1 aliphatic carbocycles. The van der Waals surface area contributed by atoms with Gasteiger partial charge in [0, 0.05) is 41.5 Å². The van der Waals surface area contributed by atoms with Crippen LogP contribution in [0, 0.1) is 40.5 Å². The van der Waals surface area contributed by atoms with E-state index in [4.69, 9.17) is 0 Å². The van der Waals surface area contributed by atoms with Crippen LogP contribution >= 0.6 is 0 Å². The topological polar surface area (TPSA) is 185 Å². The van der Waals surface area contributed by atoms with E-state index in [1.54, 1.807) is 0 Å². The van der Waals surface area contributed by atoms with Gasteiger partial charge in [0.15, 0.2) is 0 Å². The van der Waals surface area contributed by atoms with Gasteiger partial charge in [-0.2, -0.15) is 0 Å². The minimum atomic E-state index is -0.843. The summed E-state index contributed by atoms with van der Waals surface area (Å²) in [7, 11) is 0. The quantitative estimate of drug-likeness (QED) is 0.324. The highest BCUT2D eigenvalue weighted by molar-refractivity contribution is 6.27. The van der Waals surface area contributed by atoms with Crippen molar-refractivity contribution in [1.29, 1.82) is 0 Å². The summed E-state index contributed by atoms with van der Waals surface area (Å²) >= 11 is 0. The summed E-state index contributed by atoms with van der Waals surface area (Å²) in [6.07, 6.45) is 0. The summed E-state index contributed by atoms with van der Waals surface area (Å²) in [5, 5.41) is 45.8. The molecule has 0 saturated heterocycles. The van der Waals surface area contributed by atoms with Crippen molar-refractivity contribution in [3.8, 4) is 11.1 Å². The van der Waals surface area contributed by atoms with E-state index >= 15 is 0 Å². The van der Waals surface area contributed by atoms with Gasteiger partial charge in [-0.25, -0.2) is 4.99 Å². The molecule has 0 N–H and O–H groups in total. The Morgan fingerprint density at radius 1 is 0.594 bits per heavy atom. The van der Waals surface area contributed by atoms with Gasteiger partial charge in [-0.3, -0.25) is 40.5 Å². The highest BCUT2D eigenvalue weighted by atomic mass is 16.6. The Morgan fingerprint density at radius 3 is 1.72 bits per heavy atom. The Balaban J connectivity index is 2.12. The number of hydrogen-bond acceptors (Lipinski definition) is 9. The van der Waals surface area contributed by atoms with Crippen LogP contribution in [0.25, 0.3) is 11.1 Å². The lowest BCUT2D eigenvalue weighted by molar-refractivity contribution is -0.392. The van der Waals surface area contributed by atoms with Gasteiger partial charge in [-0.1, -0.05) is 12.1 Å². The lowest BCUT2D eigenvalue weighted by Crippen LogP contribution is -2.01. The number of non-ortho nitro benzene ring substituents is 1. The van der Waals surface area contributed by atoms with E-state index in [2.05, 4.69) is 4.99 Å². The normalized spacial score (nSPS) is 12.8. The molecule has 0 radical (unpaired) electrons. The Morgan fingerprint density at radius 2 is 1.16 bits per heavy atom. The molecule has 158 valence electrons. The van der Waals surface area contributed by atoms with Crippen molar-refractivity contribution in [2.75, 3.05) is 0 Å². The predicted octanol–water partition coefficient (Wildman–Crippen LogP) is 4.47. The second kappa shape index (κ2) is 7.32. The number of aliphatic imine (C=N–C) groups is 1. The zero-order chi connectivity index (χ0) is 23.2. The number of fused-ring (bicyclic) bond motifs is 3. The van der Waals surface area contributed by atoms with Crippen LogP contribution < -0.4 is 0 Å². The van der Waals surface area contributed by atoms with Gasteiger partial charge >= 0.3 is 11.4 Å². The number of para-hydroxylation sites is 1. The first kappa shape index (κ1) is 20.2. The minimum Gasteiger partial charge on any atom is -0.258 e. The van der Waals surface area contributed by atoms with Gasteiger partial charge in [0.1, 0.15) is 0 Å². The molecular weight excluding hydrogens is 426 g/mol. The molecule has 4 rings (SSSR count). The van der Waals surface area contributed by atoms with Gasteiger partial charge < -0.3 is 0 Å². The van der Waals surface area contributed by atoms with Crippen molar-refractivity contribution in [2.45, 2.75) is 0 Å². The molecule has 32 heavy (non-hydrogen) atoms. The van der Waals surface area contributed by atoms with E-state index in [-0.39, 0.29) is 39.3 Å². The molecule has 0 fully saturated rings. The Bertz CT molecular complexity index is 1370. The molecule has 0 atom stereocenters. The van der Waals surface area contributed by atoms with Crippen LogP contribution in [0.5, 0.6) is 0 Å². The third-order valence-corrected chi connectivity index (χ3v) is 4.84. The zero-order valence-electron chi connectivity index (χ0n) is 15.7. The first-order valence-electron chi connectivity index (χ1n) is 8.78. The fourth-order valence-corrected chi connectivity index (χ4v) is 3.54. The lowest BCUT2D eigenvalue weighted by Gasteiger charge is -2.04. The fraction of sp³-hybridized carbons (Fsp3) is 0. The Labute approximate surface area is 176 Å². The van der Waals surface area contributed by atoms with Crippen molar-refractivity contribution < 1.29 is 19.7 Å². The third kappa shape index (κ3) is 3.09. The molecule has 1 aliphatic rings. The molecule has 0 aromatic heterocycles. The number of benzene rings is 3. The van der Waals surface area contributed by atoms with Gasteiger partial charge in [0.2, 0.25) is 5.69 Å². The maximum atomic E-state index is 11.6. The van der Waals surface area contributed by atoms with Gasteiger partial charge in [0.05, 0.1) is 31.0 Å². The number of nitrogens with zero attached hydrogens (tertiary/aromatic N) is 5. The van der Waals surface area contributed by atoms with Crippen LogP contribution in [0.4, 0.5) is 28.4 Å². The molecule has 0 bridgehead atoms. The van der Waals surface area contributed by atoms with E-state index in [1.165, 1.54) is 24.3 Å². The van der Waals surface area contributed by atoms with Crippen molar-refractivity contribution in [3.63, 3.8) is 0 Å². The van der Waals surface area contributed by atoms with Crippen LogP contribution in [0.15, 0.2) is 59.6 Å². The molecule has 0 saturated carbocycles. The molecule has 13 heteroatoms. The number of nitro groups is 4. The van der Waals surface area contributed by atoms with E-state index in [0.717, 1.165) is 30.3 Å².